The number of thioether (sulfide) groups is 1. The third-order valence-corrected chi connectivity index (χ3v) is 5.14. The number of carbonyl (C=O) groups is 1. The quantitative estimate of drug-likeness (QED) is 0.801. The highest BCUT2D eigenvalue weighted by atomic mass is 32.2. The van der Waals surface area contributed by atoms with Gasteiger partial charge in [-0.3, -0.25) is 4.90 Å². The molecule has 0 saturated carbocycles. The first-order valence-corrected chi connectivity index (χ1v) is 9.34. The lowest BCUT2D eigenvalue weighted by Gasteiger charge is -2.35. The first-order valence-electron chi connectivity index (χ1n) is 8.53. The standard InChI is InChI=1S/C19H20N4O2S/c1-3-8-13-15(18(24)25-4-2)16(12-9-6-5-7-10-12)23-17(21)14(11-20)26-19(23)22-13/h5-7,9-10,16H,3-4,8,21H2,1-2H3/t16-/m1/s1. The molecule has 0 spiro atoms. The van der Waals surface area contributed by atoms with Gasteiger partial charge >= 0.3 is 5.97 Å². The molecule has 26 heavy (non-hydrogen) atoms. The van der Waals surface area contributed by atoms with Gasteiger partial charge in [0.15, 0.2) is 5.17 Å². The molecule has 2 heterocycles. The summed E-state index contributed by atoms with van der Waals surface area (Å²) in [5, 5.41) is 10.0. The van der Waals surface area contributed by atoms with Crippen molar-refractivity contribution in [2.45, 2.75) is 32.7 Å². The second-order valence-electron chi connectivity index (χ2n) is 5.84. The minimum atomic E-state index is -0.456. The van der Waals surface area contributed by atoms with E-state index in [1.165, 1.54) is 11.8 Å². The molecule has 134 valence electrons. The van der Waals surface area contributed by atoms with E-state index in [0.717, 1.165) is 12.0 Å². The molecule has 7 heteroatoms. The average Bonchev–Trinajstić information content (AvgIpc) is 2.97. The highest BCUT2D eigenvalue weighted by Crippen LogP contribution is 2.46. The zero-order valence-corrected chi connectivity index (χ0v) is 15.5. The van der Waals surface area contributed by atoms with E-state index >= 15 is 0 Å². The van der Waals surface area contributed by atoms with Gasteiger partial charge < -0.3 is 10.5 Å². The van der Waals surface area contributed by atoms with Crippen LogP contribution in [0.2, 0.25) is 0 Å². The lowest BCUT2D eigenvalue weighted by molar-refractivity contribution is -0.139. The smallest absolute Gasteiger partial charge is 0.338 e. The van der Waals surface area contributed by atoms with Crippen molar-refractivity contribution in [3.63, 3.8) is 0 Å². The third kappa shape index (κ3) is 3.08. The Hall–Kier alpha value is -2.72. The number of ether oxygens (including phenoxy) is 1. The molecule has 0 amide bonds. The van der Waals surface area contributed by atoms with Crippen LogP contribution in [0.25, 0.3) is 0 Å². The number of fused-ring (bicyclic) bond motifs is 1. The number of nitriles is 1. The number of carbonyl (C=O) groups excluding carboxylic acids is 1. The largest absolute Gasteiger partial charge is 0.463 e. The molecule has 0 fully saturated rings. The number of allylic oxidation sites excluding steroid dienone is 2. The van der Waals surface area contributed by atoms with Crippen LogP contribution < -0.4 is 5.73 Å². The summed E-state index contributed by atoms with van der Waals surface area (Å²) in [6.07, 6.45) is 1.49. The van der Waals surface area contributed by atoms with Gasteiger partial charge in [0.1, 0.15) is 16.8 Å². The Balaban J connectivity index is 2.21. The lowest BCUT2D eigenvalue weighted by Crippen LogP contribution is -2.39. The molecular formula is C19H20N4O2S. The fraction of sp³-hybridized carbons (Fsp3) is 0.316. The van der Waals surface area contributed by atoms with Gasteiger partial charge in [-0.05, 0) is 30.7 Å². The number of hydrogen-bond acceptors (Lipinski definition) is 7. The maximum atomic E-state index is 12.8. The zero-order valence-electron chi connectivity index (χ0n) is 14.7. The van der Waals surface area contributed by atoms with Gasteiger partial charge in [-0.15, -0.1) is 0 Å². The Morgan fingerprint density at radius 2 is 2.12 bits per heavy atom. The minimum absolute atomic E-state index is 0.281. The van der Waals surface area contributed by atoms with E-state index in [1.54, 1.807) is 11.8 Å². The van der Waals surface area contributed by atoms with Gasteiger partial charge in [0, 0.05) is 0 Å². The topological polar surface area (TPSA) is 91.7 Å². The molecular weight excluding hydrogens is 348 g/mol. The Morgan fingerprint density at radius 3 is 2.73 bits per heavy atom. The zero-order chi connectivity index (χ0) is 18.7. The average molecular weight is 368 g/mol. The molecule has 0 aliphatic carbocycles. The fourth-order valence-electron chi connectivity index (χ4n) is 3.09. The van der Waals surface area contributed by atoms with Crippen molar-refractivity contribution in [2.75, 3.05) is 6.61 Å². The molecule has 0 saturated heterocycles. The molecule has 0 aromatic heterocycles. The van der Waals surface area contributed by atoms with E-state index in [4.69, 9.17) is 10.5 Å². The SMILES string of the molecule is CCCC1=C(C(=O)OCC)[C@@H](c2ccccc2)N2C(=N1)SC(C#N)=C2N. The highest BCUT2D eigenvalue weighted by Gasteiger charge is 2.43. The van der Waals surface area contributed by atoms with Crippen LogP contribution in [0.4, 0.5) is 0 Å². The molecule has 2 aliphatic heterocycles. The maximum Gasteiger partial charge on any atom is 0.338 e. The van der Waals surface area contributed by atoms with Crippen LogP contribution in [-0.2, 0) is 9.53 Å². The van der Waals surface area contributed by atoms with Crippen LogP contribution in [0.1, 0.15) is 38.3 Å². The lowest BCUT2D eigenvalue weighted by atomic mass is 9.93. The van der Waals surface area contributed by atoms with Crippen LogP contribution in [0.5, 0.6) is 0 Å². The molecule has 2 N–H and O–H groups in total. The fourth-order valence-corrected chi connectivity index (χ4v) is 3.98. The normalized spacial score (nSPS) is 19.2. The van der Waals surface area contributed by atoms with Gasteiger partial charge in [0.05, 0.1) is 23.9 Å². The number of nitrogens with two attached hydrogens (primary N) is 1. The summed E-state index contributed by atoms with van der Waals surface area (Å²) in [7, 11) is 0. The van der Waals surface area contributed by atoms with E-state index in [0.29, 0.717) is 33.6 Å². The van der Waals surface area contributed by atoms with Gasteiger partial charge in [-0.2, -0.15) is 5.26 Å². The summed E-state index contributed by atoms with van der Waals surface area (Å²) in [4.78, 5) is 19.6. The van der Waals surface area contributed by atoms with Crippen molar-refractivity contribution in [3.05, 3.63) is 57.9 Å². The molecule has 0 radical (unpaired) electrons. The molecule has 6 nitrogen and oxygen atoms in total. The number of amidine groups is 1. The first-order chi connectivity index (χ1) is 12.6. The van der Waals surface area contributed by atoms with Gasteiger partial charge in [-0.25, -0.2) is 9.79 Å². The number of aliphatic imine (C=N–C) groups is 1. The summed E-state index contributed by atoms with van der Waals surface area (Å²) in [5.41, 5.74) is 8.33. The number of hydrogen-bond donors (Lipinski definition) is 1. The van der Waals surface area contributed by atoms with E-state index in [9.17, 15) is 10.1 Å². The van der Waals surface area contributed by atoms with Crippen LogP contribution in [0.3, 0.4) is 0 Å². The van der Waals surface area contributed by atoms with Crippen LogP contribution in [-0.4, -0.2) is 22.6 Å². The van der Waals surface area contributed by atoms with Gasteiger partial charge in [-0.1, -0.05) is 43.7 Å². The summed E-state index contributed by atoms with van der Waals surface area (Å²) in [6, 6.07) is 11.3. The van der Waals surface area contributed by atoms with Crippen molar-refractivity contribution in [1.82, 2.24) is 4.90 Å². The maximum absolute atomic E-state index is 12.8. The molecule has 0 unspecified atom stereocenters. The van der Waals surface area contributed by atoms with Gasteiger partial charge in [0.2, 0.25) is 0 Å². The minimum Gasteiger partial charge on any atom is -0.463 e. The van der Waals surface area contributed by atoms with E-state index < -0.39 is 12.0 Å². The molecule has 2 aliphatic rings. The predicted octanol–water partition coefficient (Wildman–Crippen LogP) is 3.41. The second kappa shape index (κ2) is 7.67. The molecule has 1 aromatic carbocycles. The second-order valence-corrected chi connectivity index (χ2v) is 6.81. The van der Waals surface area contributed by atoms with Crippen LogP contribution in [0, 0.1) is 11.3 Å². The monoisotopic (exact) mass is 368 g/mol. The molecule has 3 rings (SSSR count). The number of rotatable bonds is 5. The Bertz CT molecular complexity index is 852. The predicted molar refractivity (Wildman–Crippen MR) is 101 cm³/mol. The van der Waals surface area contributed by atoms with Gasteiger partial charge in [0.25, 0.3) is 0 Å². The van der Waals surface area contributed by atoms with Crippen LogP contribution >= 0.6 is 11.8 Å². The summed E-state index contributed by atoms with van der Waals surface area (Å²) in [5.74, 6) is -0.0711. The van der Waals surface area contributed by atoms with E-state index in [-0.39, 0.29) is 6.61 Å². The third-order valence-electron chi connectivity index (χ3n) is 4.16. The Morgan fingerprint density at radius 1 is 1.38 bits per heavy atom. The van der Waals surface area contributed by atoms with Crippen LogP contribution in [0.15, 0.2) is 57.3 Å². The van der Waals surface area contributed by atoms with Crippen molar-refractivity contribution in [3.8, 4) is 6.07 Å². The summed E-state index contributed by atoms with van der Waals surface area (Å²) in [6.45, 7) is 4.10. The number of benzene rings is 1. The van der Waals surface area contributed by atoms with E-state index in [2.05, 4.69) is 11.1 Å². The van der Waals surface area contributed by atoms with Crippen molar-refractivity contribution in [1.29, 1.82) is 5.26 Å². The number of nitrogens with zero attached hydrogens (tertiary/aromatic N) is 3. The molecule has 1 atom stereocenters. The Kier molecular flexibility index (Phi) is 5.33. The summed E-state index contributed by atoms with van der Waals surface area (Å²) >= 11 is 1.24. The summed E-state index contributed by atoms with van der Waals surface area (Å²) < 4.78 is 5.33. The first kappa shape index (κ1) is 18.1. The van der Waals surface area contributed by atoms with E-state index in [1.807, 2.05) is 37.3 Å². The number of esters is 1. The highest BCUT2D eigenvalue weighted by molar-refractivity contribution is 8.17. The Labute approximate surface area is 157 Å². The van der Waals surface area contributed by atoms with Crippen molar-refractivity contribution >= 4 is 22.9 Å². The van der Waals surface area contributed by atoms with Crippen molar-refractivity contribution in [2.24, 2.45) is 10.7 Å². The molecule has 0 bridgehead atoms. The van der Waals surface area contributed by atoms with Crippen molar-refractivity contribution < 1.29 is 9.53 Å². The molecule has 1 aromatic rings.